The largest absolute Gasteiger partial charge is 0.379 e. The lowest BCUT2D eigenvalue weighted by atomic mass is 10.2. The third kappa shape index (κ3) is 6.14. The average Bonchev–Trinajstić information content (AvgIpc) is 3.01. The maximum absolute atomic E-state index is 11.8. The van der Waals surface area contributed by atoms with Crippen LogP contribution in [0.1, 0.15) is 12.8 Å². The molecule has 1 aromatic carbocycles. The van der Waals surface area contributed by atoms with Gasteiger partial charge in [-0.2, -0.15) is 0 Å². The van der Waals surface area contributed by atoms with Gasteiger partial charge >= 0.3 is 0 Å². The van der Waals surface area contributed by atoms with Crippen LogP contribution in [0.4, 0.5) is 5.69 Å². The molecule has 0 aliphatic carbocycles. The summed E-state index contributed by atoms with van der Waals surface area (Å²) in [6.45, 7) is 6.23. The summed E-state index contributed by atoms with van der Waals surface area (Å²) in [5, 5.41) is 4.08. The molecule has 1 aliphatic rings. The van der Waals surface area contributed by atoms with Crippen LogP contribution < -0.4 is 11.1 Å². The zero-order valence-corrected chi connectivity index (χ0v) is 16.5. The first-order valence-electron chi connectivity index (χ1n) is 8.65. The fourth-order valence-corrected chi connectivity index (χ4v) is 3.03. The fourth-order valence-electron chi connectivity index (χ4n) is 3.03. The molecule has 2 aromatic rings. The van der Waals surface area contributed by atoms with Crippen LogP contribution in [0.25, 0.3) is 10.9 Å². The first kappa shape index (κ1) is 22.7. The summed E-state index contributed by atoms with van der Waals surface area (Å²) < 4.78 is 7.66. The Balaban J connectivity index is 0.00000169. The normalized spacial score (nSPS) is 14.5. The van der Waals surface area contributed by atoms with Gasteiger partial charge in [-0.15, -0.1) is 24.8 Å². The molecule has 0 saturated carbocycles. The Hall–Kier alpha value is -1.31. The van der Waals surface area contributed by atoms with Gasteiger partial charge in [0, 0.05) is 55.4 Å². The molecule has 6 nitrogen and oxygen atoms in total. The zero-order valence-electron chi connectivity index (χ0n) is 14.9. The minimum Gasteiger partial charge on any atom is -0.379 e. The van der Waals surface area contributed by atoms with E-state index >= 15 is 0 Å². The van der Waals surface area contributed by atoms with E-state index in [1.165, 1.54) is 5.52 Å². The van der Waals surface area contributed by atoms with Crippen molar-refractivity contribution in [2.24, 2.45) is 5.73 Å². The van der Waals surface area contributed by atoms with Crippen molar-refractivity contribution in [1.82, 2.24) is 9.47 Å². The van der Waals surface area contributed by atoms with Crippen LogP contribution in [0.3, 0.4) is 0 Å². The molecule has 1 amide bonds. The van der Waals surface area contributed by atoms with Gasteiger partial charge in [-0.25, -0.2) is 0 Å². The highest BCUT2D eigenvalue weighted by molar-refractivity contribution is 5.93. The number of nitrogens with two attached hydrogens (primary N) is 1. The highest BCUT2D eigenvalue weighted by atomic mass is 35.5. The summed E-state index contributed by atoms with van der Waals surface area (Å²) >= 11 is 0. The van der Waals surface area contributed by atoms with E-state index < -0.39 is 0 Å². The molecule has 1 aromatic heterocycles. The number of benzene rings is 1. The molecule has 8 heteroatoms. The number of hydrogen-bond donors (Lipinski definition) is 2. The van der Waals surface area contributed by atoms with Gasteiger partial charge in [-0.05, 0) is 37.2 Å². The molecule has 3 rings (SSSR count). The number of carbonyl (C=O) groups excluding carboxylic acids is 1. The predicted molar refractivity (Wildman–Crippen MR) is 111 cm³/mol. The minimum absolute atomic E-state index is 0. The van der Waals surface area contributed by atoms with Crippen LogP contribution >= 0.6 is 24.8 Å². The average molecular weight is 403 g/mol. The number of rotatable bonds is 7. The summed E-state index contributed by atoms with van der Waals surface area (Å²) in [6.07, 6.45) is 3.30. The summed E-state index contributed by atoms with van der Waals surface area (Å²) in [5.74, 6) is 0.0200. The first-order chi connectivity index (χ1) is 11.8. The lowest BCUT2D eigenvalue weighted by Crippen LogP contribution is -2.38. The van der Waals surface area contributed by atoms with Crippen molar-refractivity contribution in [3.63, 3.8) is 0 Å². The Labute approximate surface area is 166 Å². The Morgan fingerprint density at radius 1 is 1.15 bits per heavy atom. The number of hydrogen-bond acceptors (Lipinski definition) is 4. The quantitative estimate of drug-likeness (QED) is 0.745. The number of halogens is 2. The highest BCUT2D eigenvalue weighted by Crippen LogP contribution is 2.21. The van der Waals surface area contributed by atoms with Crippen LogP contribution in [0, 0.1) is 0 Å². The highest BCUT2D eigenvalue weighted by Gasteiger charge is 2.11. The summed E-state index contributed by atoms with van der Waals surface area (Å²) in [4.78, 5) is 14.2. The predicted octanol–water partition coefficient (Wildman–Crippen LogP) is 2.49. The number of anilines is 1. The van der Waals surface area contributed by atoms with Crippen LogP contribution in [0.15, 0.2) is 30.5 Å². The number of morpholine rings is 1. The van der Waals surface area contributed by atoms with Crippen molar-refractivity contribution < 1.29 is 9.53 Å². The molecule has 146 valence electrons. The van der Waals surface area contributed by atoms with Crippen LogP contribution in [-0.2, 0) is 16.1 Å². The smallest absolute Gasteiger partial charge is 0.224 e. The number of ether oxygens (including phenoxy) is 1. The number of nitrogens with zero attached hydrogens (tertiary/aromatic N) is 2. The van der Waals surface area contributed by atoms with Crippen molar-refractivity contribution in [2.75, 3.05) is 44.7 Å². The number of nitrogens with one attached hydrogen (secondary N) is 1. The van der Waals surface area contributed by atoms with E-state index in [1.807, 2.05) is 12.1 Å². The van der Waals surface area contributed by atoms with Gasteiger partial charge in [0.05, 0.1) is 13.2 Å². The third-order valence-electron chi connectivity index (χ3n) is 4.42. The van der Waals surface area contributed by atoms with E-state index in [1.54, 1.807) is 0 Å². The summed E-state index contributed by atoms with van der Waals surface area (Å²) in [5.41, 5.74) is 7.48. The Morgan fingerprint density at radius 2 is 1.92 bits per heavy atom. The van der Waals surface area contributed by atoms with Crippen molar-refractivity contribution in [3.05, 3.63) is 30.5 Å². The third-order valence-corrected chi connectivity index (χ3v) is 4.42. The van der Waals surface area contributed by atoms with E-state index in [-0.39, 0.29) is 30.7 Å². The maximum Gasteiger partial charge on any atom is 0.224 e. The van der Waals surface area contributed by atoms with E-state index in [2.05, 4.69) is 33.1 Å². The molecule has 26 heavy (non-hydrogen) atoms. The van der Waals surface area contributed by atoms with Gasteiger partial charge in [-0.1, -0.05) is 0 Å². The maximum atomic E-state index is 11.8. The molecular formula is C18H28Cl2N4O2. The SMILES string of the molecule is Cl.Cl.NCCCC(=O)Nc1ccc2c(ccn2CCN2CCOCC2)c1. The number of aromatic nitrogens is 1. The molecule has 2 heterocycles. The van der Waals surface area contributed by atoms with Gasteiger partial charge in [0.1, 0.15) is 0 Å². The second kappa shape index (κ2) is 11.4. The Kier molecular flexibility index (Phi) is 9.98. The van der Waals surface area contributed by atoms with Crippen molar-refractivity contribution in [2.45, 2.75) is 19.4 Å². The van der Waals surface area contributed by atoms with E-state index in [9.17, 15) is 4.79 Å². The Bertz CT molecular complexity index is 687. The van der Waals surface area contributed by atoms with Crippen molar-refractivity contribution in [1.29, 1.82) is 0 Å². The molecule has 0 unspecified atom stereocenters. The number of fused-ring (bicyclic) bond motifs is 1. The second-order valence-corrected chi connectivity index (χ2v) is 6.18. The van der Waals surface area contributed by atoms with E-state index in [0.717, 1.165) is 50.5 Å². The molecular weight excluding hydrogens is 375 g/mol. The standard InChI is InChI=1S/C18H26N4O2.2ClH/c19-6-1-2-18(23)20-16-3-4-17-15(14-16)5-7-22(17)9-8-21-10-12-24-13-11-21;;/h3-5,7,14H,1-2,6,8-13,19H2,(H,20,23);2*1H. The minimum atomic E-state index is 0. The molecule has 1 fully saturated rings. The summed E-state index contributed by atoms with van der Waals surface area (Å²) in [6, 6.07) is 8.17. The van der Waals surface area contributed by atoms with Gasteiger partial charge in [-0.3, -0.25) is 9.69 Å². The lowest BCUT2D eigenvalue weighted by molar-refractivity contribution is -0.116. The van der Waals surface area contributed by atoms with E-state index in [0.29, 0.717) is 19.4 Å². The van der Waals surface area contributed by atoms with Gasteiger partial charge in [0.15, 0.2) is 0 Å². The number of carbonyl (C=O) groups is 1. The van der Waals surface area contributed by atoms with Gasteiger partial charge in [0.25, 0.3) is 0 Å². The van der Waals surface area contributed by atoms with Gasteiger partial charge < -0.3 is 20.4 Å². The Morgan fingerprint density at radius 3 is 2.65 bits per heavy atom. The van der Waals surface area contributed by atoms with Crippen molar-refractivity contribution >= 4 is 47.3 Å². The fraction of sp³-hybridized carbons (Fsp3) is 0.500. The molecule has 0 spiro atoms. The zero-order chi connectivity index (χ0) is 16.8. The van der Waals surface area contributed by atoms with Crippen LogP contribution in [0.2, 0.25) is 0 Å². The molecule has 1 saturated heterocycles. The van der Waals surface area contributed by atoms with Crippen LogP contribution in [0.5, 0.6) is 0 Å². The second-order valence-electron chi connectivity index (χ2n) is 6.18. The van der Waals surface area contributed by atoms with Gasteiger partial charge in [0.2, 0.25) is 5.91 Å². The molecule has 1 aliphatic heterocycles. The molecule has 0 bridgehead atoms. The monoisotopic (exact) mass is 402 g/mol. The first-order valence-corrected chi connectivity index (χ1v) is 8.65. The van der Waals surface area contributed by atoms with Crippen molar-refractivity contribution in [3.8, 4) is 0 Å². The topological polar surface area (TPSA) is 72.5 Å². The lowest BCUT2D eigenvalue weighted by Gasteiger charge is -2.26. The van der Waals surface area contributed by atoms with Crippen LogP contribution in [-0.4, -0.2) is 54.8 Å². The molecule has 0 radical (unpaired) electrons. The van der Waals surface area contributed by atoms with E-state index in [4.69, 9.17) is 10.5 Å². The molecule has 3 N–H and O–H groups in total. The number of amides is 1. The summed E-state index contributed by atoms with van der Waals surface area (Å²) in [7, 11) is 0. The molecule has 0 atom stereocenters.